The van der Waals surface area contributed by atoms with Gasteiger partial charge in [-0.25, -0.2) is 0 Å². The Kier molecular flexibility index (Phi) is 3.99. The molecule has 0 atom stereocenters. The first kappa shape index (κ1) is 14.8. The fourth-order valence-corrected chi connectivity index (χ4v) is 4.47. The summed E-state index contributed by atoms with van der Waals surface area (Å²) in [5.41, 5.74) is 5.32. The van der Waals surface area contributed by atoms with Crippen molar-refractivity contribution in [2.75, 3.05) is 0 Å². The fraction of sp³-hybridized carbons (Fsp3) is 0.143. The lowest BCUT2D eigenvalue weighted by atomic mass is 10.0. The highest BCUT2D eigenvalue weighted by Crippen LogP contribution is 2.25. The van der Waals surface area contributed by atoms with Crippen LogP contribution < -0.4 is 5.19 Å². The minimum atomic E-state index is -1.42. The van der Waals surface area contributed by atoms with Crippen LogP contribution in [0.25, 0.3) is 22.3 Å². The van der Waals surface area contributed by atoms with Gasteiger partial charge < -0.3 is 0 Å². The Labute approximate surface area is 134 Å². The van der Waals surface area contributed by atoms with Crippen molar-refractivity contribution in [1.82, 2.24) is 0 Å². The molecule has 0 aliphatic carbocycles. The van der Waals surface area contributed by atoms with E-state index in [-0.39, 0.29) is 0 Å². The van der Waals surface area contributed by atoms with Crippen LogP contribution in [0.2, 0.25) is 19.6 Å². The second-order valence-corrected chi connectivity index (χ2v) is 11.8. The van der Waals surface area contributed by atoms with Gasteiger partial charge in [-0.3, -0.25) is 0 Å². The van der Waals surface area contributed by atoms with E-state index >= 15 is 0 Å². The van der Waals surface area contributed by atoms with E-state index in [0.717, 1.165) is 0 Å². The van der Waals surface area contributed by atoms with Gasteiger partial charge >= 0.3 is 0 Å². The molecule has 0 aliphatic heterocycles. The largest absolute Gasteiger partial charge is 0.0784 e. The van der Waals surface area contributed by atoms with Gasteiger partial charge in [0.05, 0.1) is 8.07 Å². The molecule has 0 amide bonds. The highest BCUT2D eigenvalue weighted by Gasteiger charge is 2.21. The first-order valence-electron chi connectivity index (χ1n) is 7.81. The summed E-state index contributed by atoms with van der Waals surface area (Å²) in [5, 5.41) is 1.53. The lowest BCUT2D eigenvalue weighted by molar-refractivity contribution is 1.59. The zero-order chi connectivity index (χ0) is 15.6. The summed E-state index contributed by atoms with van der Waals surface area (Å²) >= 11 is 0. The summed E-state index contributed by atoms with van der Waals surface area (Å²) < 4.78 is 0. The highest BCUT2D eigenvalue weighted by atomic mass is 28.3. The normalized spacial score (nSPS) is 11.4. The molecule has 3 aromatic rings. The molecule has 0 spiro atoms. The molecule has 0 aromatic heterocycles. The van der Waals surface area contributed by atoms with E-state index in [4.69, 9.17) is 0 Å². The quantitative estimate of drug-likeness (QED) is 0.555. The van der Waals surface area contributed by atoms with Crippen LogP contribution in [-0.2, 0) is 0 Å². The van der Waals surface area contributed by atoms with Crippen molar-refractivity contribution in [3.05, 3.63) is 78.9 Å². The third-order valence-corrected chi connectivity index (χ3v) is 6.05. The molecular weight excluding hydrogens is 280 g/mol. The average Bonchev–Trinajstić information content (AvgIpc) is 2.55. The van der Waals surface area contributed by atoms with Crippen molar-refractivity contribution >= 4 is 13.3 Å². The molecule has 22 heavy (non-hydrogen) atoms. The zero-order valence-electron chi connectivity index (χ0n) is 13.5. The van der Waals surface area contributed by atoms with Gasteiger partial charge in [-0.05, 0) is 22.3 Å². The van der Waals surface area contributed by atoms with Crippen LogP contribution in [0.1, 0.15) is 0 Å². The lowest BCUT2D eigenvalue weighted by Gasteiger charge is -2.22. The summed E-state index contributed by atoms with van der Waals surface area (Å²) in [6.07, 6.45) is 0. The second kappa shape index (κ2) is 5.94. The molecule has 0 nitrogen and oxygen atoms in total. The van der Waals surface area contributed by atoms with Crippen molar-refractivity contribution < 1.29 is 0 Å². The molecular formula is C21H22Si. The van der Waals surface area contributed by atoms with Crippen molar-refractivity contribution in [2.45, 2.75) is 19.6 Å². The molecule has 1 heteroatoms. The smallest absolute Gasteiger partial charge is 0.0656 e. The van der Waals surface area contributed by atoms with Gasteiger partial charge in [-0.15, -0.1) is 0 Å². The van der Waals surface area contributed by atoms with E-state index in [0.29, 0.717) is 0 Å². The molecule has 0 unspecified atom stereocenters. The predicted octanol–water partition coefficient (Wildman–Crippen LogP) is 5.57. The molecule has 0 heterocycles. The van der Waals surface area contributed by atoms with E-state index in [1.54, 1.807) is 0 Å². The Bertz CT molecular complexity index is 753. The Balaban J connectivity index is 2.17. The van der Waals surface area contributed by atoms with Crippen molar-refractivity contribution in [3.8, 4) is 22.3 Å². The molecule has 3 rings (SSSR count). The van der Waals surface area contributed by atoms with E-state index in [1.807, 2.05) is 0 Å². The Morgan fingerprint density at radius 1 is 0.545 bits per heavy atom. The van der Waals surface area contributed by atoms with Gasteiger partial charge in [0.2, 0.25) is 0 Å². The molecule has 0 bridgehead atoms. The van der Waals surface area contributed by atoms with E-state index in [1.165, 1.54) is 27.4 Å². The number of rotatable bonds is 3. The maximum atomic E-state index is 2.42. The topological polar surface area (TPSA) is 0 Å². The Hall–Kier alpha value is -2.12. The van der Waals surface area contributed by atoms with Crippen LogP contribution in [0.15, 0.2) is 78.9 Å². The van der Waals surface area contributed by atoms with Gasteiger partial charge in [0.1, 0.15) is 0 Å². The van der Waals surface area contributed by atoms with Crippen LogP contribution in [0.4, 0.5) is 0 Å². The minimum absolute atomic E-state index is 1.29. The fourth-order valence-electron chi connectivity index (χ4n) is 2.84. The third kappa shape index (κ3) is 3.05. The number of hydrogen-bond donors (Lipinski definition) is 0. The third-order valence-electron chi connectivity index (χ3n) is 4.02. The van der Waals surface area contributed by atoms with E-state index in [9.17, 15) is 0 Å². The van der Waals surface area contributed by atoms with Crippen LogP contribution in [0, 0.1) is 0 Å². The predicted molar refractivity (Wildman–Crippen MR) is 100 cm³/mol. The van der Waals surface area contributed by atoms with E-state index in [2.05, 4.69) is 98.5 Å². The first-order chi connectivity index (χ1) is 10.6. The van der Waals surface area contributed by atoms with E-state index < -0.39 is 8.07 Å². The molecule has 110 valence electrons. The number of hydrogen-bond acceptors (Lipinski definition) is 0. The number of benzene rings is 3. The monoisotopic (exact) mass is 302 g/mol. The van der Waals surface area contributed by atoms with Crippen LogP contribution in [0.3, 0.4) is 0 Å². The van der Waals surface area contributed by atoms with Crippen molar-refractivity contribution in [3.63, 3.8) is 0 Å². The summed E-state index contributed by atoms with van der Waals surface area (Å²) in [7, 11) is -1.42. The maximum absolute atomic E-state index is 2.42. The highest BCUT2D eigenvalue weighted by molar-refractivity contribution is 6.89. The SMILES string of the molecule is C[Si](C)(C)c1cc(-c2ccccc2)ccc1-c1ccccc1. The maximum Gasteiger partial charge on any atom is 0.0784 e. The molecule has 3 aromatic carbocycles. The van der Waals surface area contributed by atoms with Gasteiger partial charge in [0.25, 0.3) is 0 Å². The average molecular weight is 302 g/mol. The summed E-state index contributed by atoms with van der Waals surface area (Å²) in [6.45, 7) is 7.26. The molecule has 0 aliphatic rings. The standard InChI is InChI=1S/C21H22Si/c1-22(2,3)21-16-19(17-10-6-4-7-11-17)14-15-20(21)18-12-8-5-9-13-18/h4-16H,1-3H3. The van der Waals surface area contributed by atoms with Crippen molar-refractivity contribution in [2.24, 2.45) is 0 Å². The lowest BCUT2D eigenvalue weighted by Crippen LogP contribution is -2.39. The molecule has 0 fully saturated rings. The second-order valence-electron chi connectivity index (χ2n) is 6.74. The Morgan fingerprint density at radius 3 is 1.64 bits per heavy atom. The van der Waals surface area contributed by atoms with Crippen LogP contribution in [-0.4, -0.2) is 8.07 Å². The van der Waals surface area contributed by atoms with Gasteiger partial charge in [0, 0.05) is 0 Å². The zero-order valence-corrected chi connectivity index (χ0v) is 14.5. The first-order valence-corrected chi connectivity index (χ1v) is 11.3. The van der Waals surface area contributed by atoms with Gasteiger partial charge in [-0.1, -0.05) is 104 Å². The summed E-state index contributed by atoms with van der Waals surface area (Å²) in [5.74, 6) is 0. The molecule has 0 N–H and O–H groups in total. The summed E-state index contributed by atoms with van der Waals surface area (Å²) in [4.78, 5) is 0. The summed E-state index contributed by atoms with van der Waals surface area (Å²) in [6, 6.07) is 28.3. The Morgan fingerprint density at radius 2 is 1.09 bits per heavy atom. The molecule has 0 saturated heterocycles. The minimum Gasteiger partial charge on any atom is -0.0656 e. The van der Waals surface area contributed by atoms with Crippen LogP contribution in [0.5, 0.6) is 0 Å². The molecule has 0 radical (unpaired) electrons. The molecule has 0 saturated carbocycles. The van der Waals surface area contributed by atoms with Crippen LogP contribution >= 0.6 is 0 Å². The van der Waals surface area contributed by atoms with Gasteiger partial charge in [-0.2, -0.15) is 0 Å². The van der Waals surface area contributed by atoms with Crippen molar-refractivity contribution in [1.29, 1.82) is 0 Å². The van der Waals surface area contributed by atoms with Gasteiger partial charge in [0.15, 0.2) is 0 Å².